The van der Waals surface area contributed by atoms with Crippen molar-refractivity contribution in [2.45, 2.75) is 0 Å². The Labute approximate surface area is 91.4 Å². The first-order valence-corrected chi connectivity index (χ1v) is 4.97. The molecule has 0 bridgehead atoms. The lowest BCUT2D eigenvalue weighted by atomic mass is 10.4. The lowest BCUT2D eigenvalue weighted by Crippen LogP contribution is -2.33. The highest BCUT2D eigenvalue weighted by Crippen LogP contribution is 2.12. The first-order chi connectivity index (χ1) is 6.63. The van der Waals surface area contributed by atoms with E-state index in [1.165, 1.54) is 0 Å². The van der Waals surface area contributed by atoms with Crippen LogP contribution in [0.2, 0.25) is 0 Å². The largest absolute Gasteiger partial charge is 0.358 e. The highest BCUT2D eigenvalue weighted by Gasteiger charge is 2.06. The zero-order chi connectivity index (χ0) is 10.6. The molecule has 0 saturated carbocycles. The average molecular weight is 258 g/mol. The number of amides is 1. The summed E-state index contributed by atoms with van der Waals surface area (Å²) in [7, 11) is 3.44. The number of anilines is 1. The third-order valence-electron chi connectivity index (χ3n) is 1.75. The van der Waals surface area contributed by atoms with Crippen molar-refractivity contribution >= 4 is 27.7 Å². The molecule has 1 heterocycles. The number of nitrogens with one attached hydrogen (secondary N) is 1. The number of likely N-dealkylation sites (N-methyl/N-ethyl adjacent to an activating group) is 2. The van der Waals surface area contributed by atoms with Crippen molar-refractivity contribution in [2.24, 2.45) is 0 Å². The maximum absolute atomic E-state index is 11.1. The zero-order valence-electron chi connectivity index (χ0n) is 8.12. The third-order valence-corrected chi connectivity index (χ3v) is 2.19. The molecular weight excluding hydrogens is 246 g/mol. The number of aromatic nitrogens is 1. The van der Waals surface area contributed by atoms with Gasteiger partial charge in [-0.1, -0.05) is 6.07 Å². The number of carbonyl (C=O) groups is 1. The van der Waals surface area contributed by atoms with Gasteiger partial charge in [0.15, 0.2) is 0 Å². The minimum absolute atomic E-state index is 0.0331. The Morgan fingerprint density at radius 2 is 2.36 bits per heavy atom. The van der Waals surface area contributed by atoms with Gasteiger partial charge >= 0.3 is 0 Å². The van der Waals surface area contributed by atoms with Gasteiger partial charge in [-0.2, -0.15) is 0 Å². The van der Waals surface area contributed by atoms with Crippen LogP contribution < -0.4 is 10.2 Å². The smallest absolute Gasteiger partial charge is 0.239 e. The summed E-state index contributed by atoms with van der Waals surface area (Å²) < 4.78 is 0.763. The fraction of sp³-hybridized carbons (Fsp3) is 0.333. The molecular formula is C9H12BrN3O. The Morgan fingerprint density at radius 1 is 1.64 bits per heavy atom. The molecule has 0 saturated heterocycles. The summed E-state index contributed by atoms with van der Waals surface area (Å²) in [6.07, 6.45) is 0. The Bertz CT molecular complexity index is 330. The summed E-state index contributed by atoms with van der Waals surface area (Å²) in [4.78, 5) is 17.1. The number of carbonyl (C=O) groups excluding carboxylic acids is 1. The number of pyridine rings is 1. The van der Waals surface area contributed by atoms with Crippen molar-refractivity contribution in [3.8, 4) is 0 Å². The van der Waals surface area contributed by atoms with Gasteiger partial charge in [0.05, 0.1) is 6.54 Å². The van der Waals surface area contributed by atoms with E-state index in [1.807, 2.05) is 25.2 Å². The molecule has 1 N–H and O–H groups in total. The summed E-state index contributed by atoms with van der Waals surface area (Å²) in [5, 5.41) is 2.56. The normalized spacial score (nSPS) is 9.64. The van der Waals surface area contributed by atoms with Crippen molar-refractivity contribution in [2.75, 3.05) is 25.5 Å². The van der Waals surface area contributed by atoms with Crippen molar-refractivity contribution in [3.63, 3.8) is 0 Å². The van der Waals surface area contributed by atoms with Crippen LogP contribution in [0.4, 0.5) is 5.82 Å². The summed E-state index contributed by atoms with van der Waals surface area (Å²) in [6, 6.07) is 5.58. The van der Waals surface area contributed by atoms with E-state index in [9.17, 15) is 4.79 Å². The van der Waals surface area contributed by atoms with E-state index >= 15 is 0 Å². The fourth-order valence-electron chi connectivity index (χ4n) is 0.986. The third kappa shape index (κ3) is 2.99. The van der Waals surface area contributed by atoms with Gasteiger partial charge in [-0.15, -0.1) is 0 Å². The molecule has 0 unspecified atom stereocenters. The number of halogens is 1. The molecule has 0 aliphatic rings. The average Bonchev–Trinajstić information content (AvgIpc) is 2.17. The molecule has 0 spiro atoms. The van der Waals surface area contributed by atoms with Crippen LogP contribution in [0, 0.1) is 0 Å². The van der Waals surface area contributed by atoms with Gasteiger partial charge in [-0.05, 0) is 28.1 Å². The number of hydrogen-bond acceptors (Lipinski definition) is 3. The van der Waals surface area contributed by atoms with Gasteiger partial charge in [0.25, 0.3) is 0 Å². The second kappa shape index (κ2) is 4.95. The molecule has 0 aromatic carbocycles. The molecule has 0 aliphatic carbocycles. The van der Waals surface area contributed by atoms with E-state index in [0.717, 1.165) is 10.4 Å². The van der Waals surface area contributed by atoms with Crippen LogP contribution in [-0.2, 0) is 4.79 Å². The summed E-state index contributed by atoms with van der Waals surface area (Å²) in [5.74, 6) is 0.734. The topological polar surface area (TPSA) is 45.2 Å². The SMILES string of the molecule is CNC(=O)CN(C)c1cccc(Br)n1. The first kappa shape index (κ1) is 11.0. The molecule has 76 valence electrons. The molecule has 0 radical (unpaired) electrons. The van der Waals surface area contributed by atoms with Crippen LogP contribution in [0.15, 0.2) is 22.8 Å². The predicted octanol–water partition coefficient (Wildman–Crippen LogP) is 1.03. The summed E-state index contributed by atoms with van der Waals surface area (Å²) in [6.45, 7) is 0.306. The molecule has 0 atom stereocenters. The molecule has 4 nitrogen and oxygen atoms in total. The van der Waals surface area contributed by atoms with Crippen molar-refractivity contribution in [1.82, 2.24) is 10.3 Å². The quantitative estimate of drug-likeness (QED) is 0.823. The maximum atomic E-state index is 11.1. The Hall–Kier alpha value is -1.10. The van der Waals surface area contributed by atoms with Gasteiger partial charge in [0.2, 0.25) is 5.91 Å². The zero-order valence-corrected chi connectivity index (χ0v) is 9.71. The van der Waals surface area contributed by atoms with Gasteiger partial charge < -0.3 is 10.2 Å². The van der Waals surface area contributed by atoms with E-state index < -0.39 is 0 Å². The summed E-state index contributed by atoms with van der Waals surface area (Å²) >= 11 is 3.28. The van der Waals surface area contributed by atoms with Gasteiger partial charge in [0, 0.05) is 14.1 Å². The van der Waals surface area contributed by atoms with Crippen molar-refractivity contribution in [1.29, 1.82) is 0 Å². The van der Waals surface area contributed by atoms with Crippen LogP contribution >= 0.6 is 15.9 Å². The minimum atomic E-state index is -0.0331. The summed E-state index contributed by atoms with van der Waals surface area (Å²) in [5.41, 5.74) is 0. The molecule has 0 aliphatic heterocycles. The second-order valence-corrected chi connectivity index (χ2v) is 3.66. The number of nitrogens with zero attached hydrogens (tertiary/aromatic N) is 2. The Morgan fingerprint density at radius 3 is 2.93 bits per heavy atom. The lowest BCUT2D eigenvalue weighted by Gasteiger charge is -2.16. The Kier molecular flexibility index (Phi) is 3.88. The predicted molar refractivity (Wildman–Crippen MR) is 59.3 cm³/mol. The number of hydrogen-bond donors (Lipinski definition) is 1. The van der Waals surface area contributed by atoms with E-state index in [4.69, 9.17) is 0 Å². The van der Waals surface area contributed by atoms with Crippen LogP contribution in [-0.4, -0.2) is 31.5 Å². The second-order valence-electron chi connectivity index (χ2n) is 2.85. The Balaban J connectivity index is 2.69. The van der Waals surface area contributed by atoms with Crippen molar-refractivity contribution in [3.05, 3.63) is 22.8 Å². The number of rotatable bonds is 3. The van der Waals surface area contributed by atoms with Crippen molar-refractivity contribution < 1.29 is 4.79 Å². The lowest BCUT2D eigenvalue weighted by molar-refractivity contribution is -0.119. The highest BCUT2D eigenvalue weighted by atomic mass is 79.9. The molecule has 0 fully saturated rings. The fourth-order valence-corrected chi connectivity index (χ4v) is 1.32. The van der Waals surface area contributed by atoms with E-state index in [2.05, 4.69) is 26.2 Å². The van der Waals surface area contributed by atoms with Crippen LogP contribution in [0.25, 0.3) is 0 Å². The van der Waals surface area contributed by atoms with E-state index in [0.29, 0.717) is 6.54 Å². The maximum Gasteiger partial charge on any atom is 0.239 e. The molecule has 1 amide bonds. The minimum Gasteiger partial charge on any atom is -0.358 e. The molecule has 5 heteroatoms. The van der Waals surface area contributed by atoms with Gasteiger partial charge in [-0.3, -0.25) is 4.79 Å². The monoisotopic (exact) mass is 257 g/mol. The first-order valence-electron chi connectivity index (χ1n) is 4.17. The molecule has 1 rings (SSSR count). The highest BCUT2D eigenvalue weighted by molar-refractivity contribution is 9.10. The molecule has 14 heavy (non-hydrogen) atoms. The van der Waals surface area contributed by atoms with E-state index in [-0.39, 0.29) is 5.91 Å². The molecule has 1 aromatic rings. The van der Waals surface area contributed by atoms with Crippen LogP contribution in [0.3, 0.4) is 0 Å². The standard InChI is InChI=1S/C9H12BrN3O/c1-11-9(14)6-13(2)8-5-3-4-7(10)12-8/h3-5H,6H2,1-2H3,(H,11,14). The van der Waals surface area contributed by atoms with Crippen LogP contribution in [0.1, 0.15) is 0 Å². The molecule has 1 aromatic heterocycles. The van der Waals surface area contributed by atoms with E-state index in [1.54, 1.807) is 11.9 Å². The van der Waals surface area contributed by atoms with Gasteiger partial charge in [-0.25, -0.2) is 4.98 Å². The van der Waals surface area contributed by atoms with Gasteiger partial charge in [0.1, 0.15) is 10.4 Å². The van der Waals surface area contributed by atoms with Crippen LogP contribution in [0.5, 0.6) is 0 Å².